The summed E-state index contributed by atoms with van der Waals surface area (Å²) in [5.74, 6) is 1.26. The lowest BCUT2D eigenvalue weighted by atomic mass is 10.2. The SMILES string of the molecule is O=C(c1cccc(I)c1)N1CCS(=O)CC1. The quantitative estimate of drug-likeness (QED) is 0.721. The summed E-state index contributed by atoms with van der Waals surface area (Å²) in [6, 6.07) is 7.56. The fraction of sp³-hybridized carbons (Fsp3) is 0.364. The van der Waals surface area contributed by atoms with Crippen LogP contribution in [0.1, 0.15) is 10.4 Å². The molecule has 2 rings (SSSR count). The van der Waals surface area contributed by atoms with Gasteiger partial charge in [-0.1, -0.05) is 6.07 Å². The molecule has 1 fully saturated rings. The Bertz CT molecular complexity index is 426. The lowest BCUT2D eigenvalue weighted by Gasteiger charge is -2.26. The smallest absolute Gasteiger partial charge is 0.253 e. The van der Waals surface area contributed by atoms with Crippen molar-refractivity contribution in [1.82, 2.24) is 4.90 Å². The molecular formula is C11H12INO2S. The first-order valence-electron chi connectivity index (χ1n) is 5.06. The van der Waals surface area contributed by atoms with E-state index in [-0.39, 0.29) is 5.91 Å². The maximum Gasteiger partial charge on any atom is 0.253 e. The summed E-state index contributed by atoms with van der Waals surface area (Å²) in [5, 5.41) is 0. The molecule has 1 amide bonds. The number of halogens is 1. The Morgan fingerprint density at radius 3 is 2.62 bits per heavy atom. The van der Waals surface area contributed by atoms with Gasteiger partial charge >= 0.3 is 0 Å². The molecule has 86 valence electrons. The summed E-state index contributed by atoms with van der Waals surface area (Å²) < 4.78 is 12.3. The van der Waals surface area contributed by atoms with Crippen LogP contribution in [-0.2, 0) is 10.8 Å². The van der Waals surface area contributed by atoms with Crippen LogP contribution < -0.4 is 0 Å². The number of nitrogens with zero attached hydrogens (tertiary/aromatic N) is 1. The van der Waals surface area contributed by atoms with Gasteiger partial charge in [-0.15, -0.1) is 0 Å². The van der Waals surface area contributed by atoms with Crippen molar-refractivity contribution < 1.29 is 9.00 Å². The molecule has 5 heteroatoms. The van der Waals surface area contributed by atoms with E-state index < -0.39 is 10.8 Å². The molecule has 1 heterocycles. The first-order chi connectivity index (χ1) is 7.66. The Hall–Kier alpha value is -0.430. The molecule has 1 aromatic rings. The molecule has 1 saturated heterocycles. The molecule has 3 nitrogen and oxygen atoms in total. The maximum absolute atomic E-state index is 12.1. The minimum Gasteiger partial charge on any atom is -0.337 e. The first kappa shape index (κ1) is 12.0. The van der Waals surface area contributed by atoms with E-state index in [1.54, 1.807) is 4.90 Å². The van der Waals surface area contributed by atoms with E-state index in [1.165, 1.54) is 0 Å². The Morgan fingerprint density at radius 2 is 2.00 bits per heavy atom. The van der Waals surface area contributed by atoms with Gasteiger partial charge in [0.1, 0.15) is 0 Å². The van der Waals surface area contributed by atoms with Gasteiger partial charge in [0.2, 0.25) is 0 Å². The number of benzene rings is 1. The van der Waals surface area contributed by atoms with Crippen LogP contribution in [0, 0.1) is 3.57 Å². The molecule has 0 aromatic heterocycles. The van der Waals surface area contributed by atoms with Crippen molar-refractivity contribution in [1.29, 1.82) is 0 Å². The molecule has 0 unspecified atom stereocenters. The lowest BCUT2D eigenvalue weighted by Crippen LogP contribution is -2.41. The number of carbonyl (C=O) groups is 1. The van der Waals surface area contributed by atoms with Crippen LogP contribution in [0.25, 0.3) is 0 Å². The third kappa shape index (κ3) is 2.82. The average Bonchev–Trinajstić information content (AvgIpc) is 2.29. The topological polar surface area (TPSA) is 37.4 Å². The van der Waals surface area contributed by atoms with E-state index in [2.05, 4.69) is 22.6 Å². The molecular weight excluding hydrogens is 337 g/mol. The van der Waals surface area contributed by atoms with Gasteiger partial charge in [0.25, 0.3) is 5.91 Å². The van der Waals surface area contributed by atoms with Crippen molar-refractivity contribution in [2.75, 3.05) is 24.6 Å². The highest BCUT2D eigenvalue weighted by atomic mass is 127. The summed E-state index contributed by atoms with van der Waals surface area (Å²) >= 11 is 2.19. The highest BCUT2D eigenvalue weighted by molar-refractivity contribution is 14.1. The number of hydrogen-bond acceptors (Lipinski definition) is 2. The number of hydrogen-bond donors (Lipinski definition) is 0. The summed E-state index contributed by atoms with van der Waals surface area (Å²) in [4.78, 5) is 13.9. The summed E-state index contributed by atoms with van der Waals surface area (Å²) in [6.45, 7) is 1.22. The van der Waals surface area contributed by atoms with Gasteiger partial charge in [-0.05, 0) is 40.8 Å². The van der Waals surface area contributed by atoms with Crippen molar-refractivity contribution in [2.45, 2.75) is 0 Å². The van der Waals surface area contributed by atoms with Crippen LogP contribution in [-0.4, -0.2) is 39.6 Å². The standard InChI is InChI=1S/C11H12INO2S/c12-10-3-1-2-9(8-10)11(14)13-4-6-16(15)7-5-13/h1-3,8H,4-7H2. The van der Waals surface area contributed by atoms with E-state index in [9.17, 15) is 9.00 Å². The highest BCUT2D eigenvalue weighted by Gasteiger charge is 2.20. The Balaban J connectivity index is 2.10. The largest absolute Gasteiger partial charge is 0.337 e. The third-order valence-electron chi connectivity index (χ3n) is 2.54. The molecule has 0 saturated carbocycles. The summed E-state index contributed by atoms with van der Waals surface area (Å²) in [7, 11) is -0.734. The van der Waals surface area contributed by atoms with Crippen molar-refractivity contribution in [3.63, 3.8) is 0 Å². The van der Waals surface area contributed by atoms with Gasteiger partial charge in [0.15, 0.2) is 0 Å². The number of amides is 1. The average molecular weight is 349 g/mol. The molecule has 0 radical (unpaired) electrons. The van der Waals surface area contributed by atoms with Crippen molar-refractivity contribution in [3.05, 3.63) is 33.4 Å². The van der Waals surface area contributed by atoms with E-state index >= 15 is 0 Å². The van der Waals surface area contributed by atoms with Crippen LogP contribution >= 0.6 is 22.6 Å². The van der Waals surface area contributed by atoms with Crippen LogP contribution in [0.4, 0.5) is 0 Å². The lowest BCUT2D eigenvalue weighted by molar-refractivity contribution is 0.0771. The fourth-order valence-corrected chi connectivity index (χ4v) is 3.24. The van der Waals surface area contributed by atoms with Crippen molar-refractivity contribution in [3.8, 4) is 0 Å². The van der Waals surface area contributed by atoms with Crippen molar-refractivity contribution >= 4 is 39.3 Å². The van der Waals surface area contributed by atoms with E-state index in [0.29, 0.717) is 24.6 Å². The zero-order valence-corrected chi connectivity index (χ0v) is 11.7. The molecule has 16 heavy (non-hydrogen) atoms. The summed E-state index contributed by atoms with van der Waals surface area (Å²) in [5.41, 5.74) is 0.722. The molecule has 0 aliphatic carbocycles. The fourth-order valence-electron chi connectivity index (χ4n) is 1.65. The first-order valence-corrected chi connectivity index (χ1v) is 7.63. The predicted molar refractivity (Wildman–Crippen MR) is 72.9 cm³/mol. The number of carbonyl (C=O) groups excluding carboxylic acids is 1. The number of rotatable bonds is 1. The minimum atomic E-state index is -0.734. The van der Waals surface area contributed by atoms with Gasteiger partial charge in [-0.25, -0.2) is 0 Å². The predicted octanol–water partition coefficient (Wildman–Crippen LogP) is 1.50. The molecule has 0 bridgehead atoms. The molecule has 0 spiro atoms. The summed E-state index contributed by atoms with van der Waals surface area (Å²) in [6.07, 6.45) is 0. The molecule has 1 aromatic carbocycles. The molecule has 1 aliphatic heterocycles. The third-order valence-corrected chi connectivity index (χ3v) is 4.48. The Labute approximate surface area is 111 Å². The van der Waals surface area contributed by atoms with Crippen molar-refractivity contribution in [2.24, 2.45) is 0 Å². The van der Waals surface area contributed by atoms with Gasteiger partial charge in [-0.3, -0.25) is 9.00 Å². The Kier molecular flexibility index (Phi) is 3.96. The zero-order valence-electron chi connectivity index (χ0n) is 8.69. The Morgan fingerprint density at radius 1 is 1.31 bits per heavy atom. The van der Waals surface area contributed by atoms with E-state index in [0.717, 1.165) is 9.13 Å². The van der Waals surface area contributed by atoms with Gasteiger partial charge in [0, 0.05) is 44.5 Å². The van der Waals surface area contributed by atoms with Crippen LogP contribution in [0.15, 0.2) is 24.3 Å². The van der Waals surface area contributed by atoms with Crippen LogP contribution in [0.2, 0.25) is 0 Å². The van der Waals surface area contributed by atoms with Gasteiger partial charge < -0.3 is 4.90 Å². The van der Waals surface area contributed by atoms with E-state index in [4.69, 9.17) is 0 Å². The van der Waals surface area contributed by atoms with Crippen LogP contribution in [0.5, 0.6) is 0 Å². The molecule has 1 aliphatic rings. The second-order valence-electron chi connectivity index (χ2n) is 3.65. The second kappa shape index (κ2) is 5.27. The minimum absolute atomic E-state index is 0.0511. The van der Waals surface area contributed by atoms with Gasteiger partial charge in [0.05, 0.1) is 0 Å². The molecule has 0 atom stereocenters. The highest BCUT2D eigenvalue weighted by Crippen LogP contribution is 2.12. The molecule has 0 N–H and O–H groups in total. The van der Waals surface area contributed by atoms with Crippen LogP contribution in [0.3, 0.4) is 0 Å². The monoisotopic (exact) mass is 349 g/mol. The normalized spacial score (nSPS) is 17.4. The maximum atomic E-state index is 12.1. The van der Waals surface area contributed by atoms with Gasteiger partial charge in [-0.2, -0.15) is 0 Å². The zero-order chi connectivity index (χ0) is 11.5. The van der Waals surface area contributed by atoms with E-state index in [1.807, 2.05) is 24.3 Å². The second-order valence-corrected chi connectivity index (χ2v) is 6.59.